The van der Waals surface area contributed by atoms with Crippen LogP contribution in [0.2, 0.25) is 0 Å². The Labute approximate surface area is 218 Å². The lowest BCUT2D eigenvalue weighted by Gasteiger charge is -2.36. The number of esters is 1. The van der Waals surface area contributed by atoms with Gasteiger partial charge in [0.2, 0.25) is 11.8 Å². The first-order valence-electron chi connectivity index (χ1n) is 13.2. The number of aliphatic hydroxyl groups is 1. The van der Waals surface area contributed by atoms with Crippen molar-refractivity contribution in [3.8, 4) is 0 Å². The molecule has 2 aliphatic rings. The van der Waals surface area contributed by atoms with Gasteiger partial charge in [-0.05, 0) is 48.8 Å². The number of cyclic esters (lactones) is 1. The fourth-order valence-electron chi connectivity index (χ4n) is 5.01. The number of aliphatic hydroxyl groups excluding tert-OH is 1. The quantitative estimate of drug-likeness (QED) is 0.487. The van der Waals surface area contributed by atoms with Crippen LogP contribution in [0.25, 0.3) is 0 Å². The second kappa shape index (κ2) is 13.2. The van der Waals surface area contributed by atoms with E-state index in [0.29, 0.717) is 25.8 Å². The number of nitrogens with one attached hydrogen (secondary N) is 1. The Morgan fingerprint density at radius 1 is 1.00 bits per heavy atom. The molecule has 2 heterocycles. The zero-order chi connectivity index (χ0) is 26.0. The zero-order valence-corrected chi connectivity index (χ0v) is 21.2. The van der Waals surface area contributed by atoms with E-state index < -0.39 is 12.0 Å². The molecule has 0 bridgehead atoms. The van der Waals surface area contributed by atoms with Gasteiger partial charge in [0.1, 0.15) is 6.61 Å². The van der Waals surface area contributed by atoms with Crippen LogP contribution in [0.3, 0.4) is 0 Å². The molecule has 2 aliphatic heterocycles. The van der Waals surface area contributed by atoms with E-state index in [-0.39, 0.29) is 43.5 Å². The van der Waals surface area contributed by atoms with Crippen molar-refractivity contribution in [1.29, 1.82) is 0 Å². The maximum Gasteiger partial charge on any atom is 0.305 e. The highest BCUT2D eigenvalue weighted by Gasteiger charge is 2.32. The lowest BCUT2D eigenvalue weighted by atomic mass is 9.92. The molecule has 196 valence electrons. The minimum absolute atomic E-state index is 0.0378. The van der Waals surface area contributed by atoms with Crippen molar-refractivity contribution in [3.63, 3.8) is 0 Å². The Morgan fingerprint density at radius 3 is 2.54 bits per heavy atom. The molecule has 7 nitrogen and oxygen atoms in total. The van der Waals surface area contributed by atoms with Gasteiger partial charge in [0, 0.05) is 19.4 Å². The average molecular weight is 505 g/mol. The Hall–Kier alpha value is -3.45. The van der Waals surface area contributed by atoms with Gasteiger partial charge in [-0.2, -0.15) is 0 Å². The normalized spacial score (nSPS) is 23.4. The molecule has 0 aliphatic carbocycles. The van der Waals surface area contributed by atoms with Crippen LogP contribution in [0.15, 0.2) is 66.7 Å². The molecule has 0 spiro atoms. The number of carbonyl (C=O) groups excluding carboxylic acids is 3. The summed E-state index contributed by atoms with van der Waals surface area (Å²) in [7, 11) is 0. The Balaban J connectivity index is 1.52. The third-order valence-corrected chi connectivity index (χ3v) is 7.20. The van der Waals surface area contributed by atoms with Crippen LogP contribution in [0, 0.1) is 5.92 Å². The van der Waals surface area contributed by atoms with Crippen molar-refractivity contribution in [2.45, 2.75) is 63.6 Å². The van der Waals surface area contributed by atoms with E-state index >= 15 is 0 Å². The van der Waals surface area contributed by atoms with Crippen molar-refractivity contribution in [2.24, 2.45) is 5.92 Å². The second-order valence-electron chi connectivity index (χ2n) is 9.84. The van der Waals surface area contributed by atoms with Crippen LogP contribution in [0.4, 0.5) is 0 Å². The highest BCUT2D eigenvalue weighted by atomic mass is 16.5. The average Bonchev–Trinajstić information content (AvgIpc) is 2.93. The van der Waals surface area contributed by atoms with E-state index in [4.69, 9.17) is 4.74 Å². The Kier molecular flexibility index (Phi) is 9.49. The number of allylic oxidation sites excluding steroid dienone is 2. The van der Waals surface area contributed by atoms with Gasteiger partial charge in [0.15, 0.2) is 0 Å². The van der Waals surface area contributed by atoms with Gasteiger partial charge >= 0.3 is 5.97 Å². The first-order chi connectivity index (χ1) is 18.0. The fraction of sp³-hybridized carbons (Fsp3) is 0.433. The molecule has 2 N–H and O–H groups in total. The number of benzene rings is 2. The van der Waals surface area contributed by atoms with E-state index in [0.717, 1.165) is 36.0 Å². The molecular formula is C30H36N2O5. The minimum Gasteiger partial charge on any atom is -0.463 e. The molecule has 2 aromatic carbocycles. The molecular weight excluding hydrogens is 468 g/mol. The maximum absolute atomic E-state index is 13.5. The summed E-state index contributed by atoms with van der Waals surface area (Å²) in [6.07, 6.45) is 7.81. The largest absolute Gasteiger partial charge is 0.463 e. The third kappa shape index (κ3) is 7.29. The summed E-state index contributed by atoms with van der Waals surface area (Å²) in [6, 6.07) is 16.6. The number of nitrogens with zero attached hydrogens (tertiary/aromatic N) is 1. The Bertz CT molecular complexity index is 1100. The number of amides is 2. The Morgan fingerprint density at radius 2 is 1.76 bits per heavy atom. The summed E-state index contributed by atoms with van der Waals surface area (Å²) >= 11 is 0. The molecule has 4 rings (SSSR count). The minimum atomic E-state index is -0.579. The topological polar surface area (TPSA) is 95.9 Å². The number of fused-ring (bicyclic) bond motifs is 1. The lowest BCUT2D eigenvalue weighted by molar-refractivity contribution is -0.145. The van der Waals surface area contributed by atoms with Crippen molar-refractivity contribution >= 4 is 17.8 Å². The van der Waals surface area contributed by atoms with Crippen molar-refractivity contribution in [2.75, 3.05) is 13.2 Å². The van der Waals surface area contributed by atoms with Crippen LogP contribution in [0.5, 0.6) is 0 Å². The van der Waals surface area contributed by atoms with Crippen LogP contribution in [-0.2, 0) is 32.1 Å². The molecule has 0 saturated heterocycles. The first-order valence-corrected chi connectivity index (χ1v) is 13.2. The highest BCUT2D eigenvalue weighted by Crippen LogP contribution is 2.26. The first kappa shape index (κ1) is 26.6. The predicted octanol–water partition coefficient (Wildman–Crippen LogP) is 3.86. The number of carbonyl (C=O) groups is 3. The van der Waals surface area contributed by atoms with Crippen LogP contribution in [-0.4, -0.2) is 47.0 Å². The number of ether oxygens (including phenoxy) is 1. The highest BCUT2D eigenvalue weighted by molar-refractivity contribution is 5.86. The lowest BCUT2D eigenvalue weighted by Crippen LogP contribution is -2.47. The summed E-state index contributed by atoms with van der Waals surface area (Å²) in [5.41, 5.74) is 3.05. The SMILES string of the molecule is O=C1CCCCC=CC[C@H](CC(=O)N2Cc3ccccc3C[C@H]2CO)C(=O)N[C@@H](c2ccccc2)CO1. The summed E-state index contributed by atoms with van der Waals surface area (Å²) in [4.78, 5) is 40.9. The van der Waals surface area contributed by atoms with E-state index in [1.54, 1.807) is 4.90 Å². The third-order valence-electron chi connectivity index (χ3n) is 7.20. The summed E-state index contributed by atoms with van der Waals surface area (Å²) in [6.45, 7) is 0.339. The van der Waals surface area contributed by atoms with Crippen LogP contribution < -0.4 is 5.32 Å². The summed E-state index contributed by atoms with van der Waals surface area (Å²) < 4.78 is 5.50. The number of hydrogen-bond donors (Lipinski definition) is 2. The van der Waals surface area contributed by atoms with Gasteiger partial charge in [-0.15, -0.1) is 0 Å². The van der Waals surface area contributed by atoms with E-state index in [9.17, 15) is 19.5 Å². The van der Waals surface area contributed by atoms with Crippen LogP contribution >= 0.6 is 0 Å². The molecule has 0 unspecified atom stereocenters. The predicted molar refractivity (Wildman–Crippen MR) is 140 cm³/mol. The number of rotatable bonds is 4. The zero-order valence-electron chi connectivity index (χ0n) is 21.2. The summed E-state index contributed by atoms with van der Waals surface area (Å²) in [5.74, 6) is -1.25. The maximum atomic E-state index is 13.5. The molecule has 0 fully saturated rings. The molecule has 2 amide bonds. The van der Waals surface area contributed by atoms with Gasteiger partial charge in [-0.25, -0.2) is 0 Å². The molecule has 0 aromatic heterocycles. The monoisotopic (exact) mass is 504 g/mol. The molecule has 2 aromatic rings. The molecule has 0 radical (unpaired) electrons. The van der Waals surface area contributed by atoms with Gasteiger partial charge in [0.25, 0.3) is 0 Å². The summed E-state index contributed by atoms with van der Waals surface area (Å²) in [5, 5.41) is 13.0. The standard InChI is InChI=1S/C30H36N2O5/c33-20-26-17-23-13-9-10-15-25(23)19-32(26)28(34)18-24-14-5-2-1-3-8-16-29(35)37-21-27(31-30(24)36)22-11-6-4-7-12-22/h2,4-7,9-13,15,24,26-27,33H,1,3,8,14,16-21H2,(H,31,36)/t24-,26+,27-/m1/s1. The number of hydrogen-bond acceptors (Lipinski definition) is 5. The molecule has 3 atom stereocenters. The van der Waals surface area contributed by atoms with E-state index in [1.807, 2.05) is 66.7 Å². The van der Waals surface area contributed by atoms with Crippen molar-refractivity contribution < 1.29 is 24.2 Å². The van der Waals surface area contributed by atoms with Gasteiger partial charge < -0.3 is 20.1 Å². The fourth-order valence-corrected chi connectivity index (χ4v) is 5.01. The molecule has 37 heavy (non-hydrogen) atoms. The molecule has 0 saturated carbocycles. The van der Waals surface area contributed by atoms with Gasteiger partial charge in [-0.3, -0.25) is 14.4 Å². The second-order valence-corrected chi connectivity index (χ2v) is 9.84. The van der Waals surface area contributed by atoms with Crippen LogP contribution in [0.1, 0.15) is 61.3 Å². The van der Waals surface area contributed by atoms with Gasteiger partial charge in [-0.1, -0.05) is 66.7 Å². The molecule has 7 heteroatoms. The van der Waals surface area contributed by atoms with Gasteiger partial charge in [0.05, 0.1) is 24.6 Å². The van der Waals surface area contributed by atoms with E-state index in [1.165, 1.54) is 0 Å². The smallest absolute Gasteiger partial charge is 0.305 e. The van der Waals surface area contributed by atoms with E-state index in [2.05, 4.69) is 5.32 Å². The van der Waals surface area contributed by atoms with Crippen molar-refractivity contribution in [3.05, 3.63) is 83.4 Å². The van der Waals surface area contributed by atoms with Crippen molar-refractivity contribution in [1.82, 2.24) is 10.2 Å².